The maximum absolute atomic E-state index is 7.15. The lowest BCUT2D eigenvalue weighted by Gasteiger charge is -2.26. The lowest BCUT2D eigenvalue weighted by molar-refractivity contribution is 0.191. The minimum Gasteiger partial charge on any atom is -0.492 e. The van der Waals surface area contributed by atoms with E-state index in [0.717, 1.165) is 103 Å². The van der Waals surface area contributed by atoms with Gasteiger partial charge < -0.3 is 19.4 Å². The first-order valence-electron chi connectivity index (χ1n) is 15.1. The summed E-state index contributed by atoms with van der Waals surface area (Å²) >= 11 is 0. The molecule has 6 rings (SSSR count). The van der Waals surface area contributed by atoms with Crippen LogP contribution in [0.4, 0.5) is 5.69 Å². The Morgan fingerprint density at radius 2 is 1.56 bits per heavy atom. The van der Waals surface area contributed by atoms with E-state index in [-0.39, 0.29) is 0 Å². The fourth-order valence-corrected chi connectivity index (χ4v) is 5.46. The van der Waals surface area contributed by atoms with Crippen LogP contribution in [0.3, 0.4) is 0 Å². The molecule has 0 spiro atoms. The van der Waals surface area contributed by atoms with Crippen LogP contribution < -0.4 is 14.8 Å². The molecule has 0 atom stereocenters. The van der Waals surface area contributed by atoms with Crippen molar-refractivity contribution in [1.29, 1.82) is 0 Å². The van der Waals surface area contributed by atoms with Crippen LogP contribution in [0.1, 0.15) is 19.8 Å². The molecule has 2 heterocycles. The summed E-state index contributed by atoms with van der Waals surface area (Å²) in [6.45, 7) is 16.1. The number of ether oxygens (including phenoxy) is 2. The van der Waals surface area contributed by atoms with Crippen molar-refractivity contribution in [3.63, 3.8) is 0 Å². The lowest BCUT2D eigenvalue weighted by Crippen LogP contribution is -2.44. The highest BCUT2D eigenvalue weighted by Gasteiger charge is 2.15. The third-order valence-corrected chi connectivity index (χ3v) is 7.85. The van der Waals surface area contributed by atoms with Crippen LogP contribution in [0, 0.1) is 6.57 Å². The quantitative estimate of drug-likeness (QED) is 0.164. The molecule has 1 saturated heterocycles. The van der Waals surface area contributed by atoms with Crippen molar-refractivity contribution in [2.75, 3.05) is 39.3 Å². The number of hydrogen-bond acceptors (Lipinski definition) is 5. The number of fused-ring (bicyclic) bond motifs is 1. The van der Waals surface area contributed by atoms with E-state index in [0.29, 0.717) is 12.3 Å². The fraction of sp³-hybridized carbons (Fsp3) is 0.278. The molecular formula is C36H37N5O2. The second-order valence-corrected chi connectivity index (χ2v) is 10.8. The third-order valence-electron chi connectivity index (χ3n) is 7.85. The number of hydrogen-bond donors (Lipinski definition) is 1. The van der Waals surface area contributed by atoms with Gasteiger partial charge in [-0.05, 0) is 53.9 Å². The fourth-order valence-electron chi connectivity index (χ4n) is 5.46. The topological polar surface area (TPSA) is 55.9 Å². The SMILES string of the molecule is [C-]#[N+]c1ccc(-c2ccc(Oc3cccc(-c4nc5ccc(OCCN6CCNCC6)cc5n4CCCC)c3)cc2)cc1. The summed E-state index contributed by atoms with van der Waals surface area (Å²) in [5.74, 6) is 3.35. The number of imidazole rings is 1. The van der Waals surface area contributed by atoms with Crippen molar-refractivity contribution < 1.29 is 9.47 Å². The van der Waals surface area contributed by atoms with Crippen molar-refractivity contribution in [1.82, 2.24) is 19.8 Å². The molecule has 1 N–H and O–H groups in total. The zero-order chi connectivity index (χ0) is 29.4. The van der Waals surface area contributed by atoms with E-state index in [9.17, 15) is 0 Å². The predicted octanol–water partition coefficient (Wildman–Crippen LogP) is 7.80. The molecule has 7 nitrogen and oxygen atoms in total. The van der Waals surface area contributed by atoms with E-state index < -0.39 is 0 Å². The van der Waals surface area contributed by atoms with E-state index >= 15 is 0 Å². The van der Waals surface area contributed by atoms with Crippen molar-refractivity contribution in [2.24, 2.45) is 0 Å². The van der Waals surface area contributed by atoms with E-state index in [2.05, 4.69) is 50.8 Å². The van der Waals surface area contributed by atoms with Crippen molar-refractivity contribution in [3.8, 4) is 39.8 Å². The van der Waals surface area contributed by atoms with Gasteiger partial charge in [-0.1, -0.05) is 61.9 Å². The molecule has 43 heavy (non-hydrogen) atoms. The molecule has 7 heteroatoms. The van der Waals surface area contributed by atoms with Gasteiger partial charge in [0.25, 0.3) is 0 Å². The van der Waals surface area contributed by atoms with Gasteiger partial charge in [-0.15, -0.1) is 0 Å². The predicted molar refractivity (Wildman–Crippen MR) is 173 cm³/mol. The molecule has 1 aliphatic rings. The second kappa shape index (κ2) is 13.6. The van der Waals surface area contributed by atoms with Gasteiger partial charge in [0.05, 0.1) is 17.6 Å². The number of rotatable bonds is 11. The highest BCUT2D eigenvalue weighted by Crippen LogP contribution is 2.32. The summed E-state index contributed by atoms with van der Waals surface area (Å²) in [5, 5.41) is 3.40. The monoisotopic (exact) mass is 571 g/mol. The zero-order valence-corrected chi connectivity index (χ0v) is 24.6. The Balaban J connectivity index is 1.20. The van der Waals surface area contributed by atoms with Crippen molar-refractivity contribution >= 4 is 16.7 Å². The molecular weight excluding hydrogens is 534 g/mol. The van der Waals surface area contributed by atoms with Gasteiger partial charge in [0.2, 0.25) is 0 Å². The Morgan fingerprint density at radius 1 is 0.814 bits per heavy atom. The summed E-state index contributed by atoms with van der Waals surface area (Å²) in [6.07, 6.45) is 2.17. The van der Waals surface area contributed by atoms with Gasteiger partial charge in [0, 0.05) is 50.9 Å². The highest BCUT2D eigenvalue weighted by molar-refractivity contribution is 5.82. The molecule has 0 saturated carbocycles. The average molecular weight is 572 g/mol. The van der Waals surface area contributed by atoms with E-state index in [1.807, 2.05) is 66.7 Å². The Bertz CT molecular complexity index is 1700. The van der Waals surface area contributed by atoms with Gasteiger partial charge in [-0.2, -0.15) is 0 Å². The largest absolute Gasteiger partial charge is 0.492 e. The Labute approximate surface area is 253 Å². The molecule has 0 aliphatic carbocycles. The number of piperazine rings is 1. The van der Waals surface area contributed by atoms with Gasteiger partial charge >= 0.3 is 0 Å². The summed E-state index contributed by atoms with van der Waals surface area (Å²) < 4.78 is 14.8. The molecule has 0 radical (unpaired) electrons. The van der Waals surface area contributed by atoms with E-state index in [1.54, 1.807) is 0 Å². The first kappa shape index (κ1) is 28.5. The van der Waals surface area contributed by atoms with Gasteiger partial charge in [0.1, 0.15) is 29.7 Å². The molecule has 4 aromatic carbocycles. The maximum atomic E-state index is 7.15. The number of benzene rings is 4. The smallest absolute Gasteiger partial charge is 0.187 e. The van der Waals surface area contributed by atoms with Crippen LogP contribution in [0.5, 0.6) is 17.2 Å². The van der Waals surface area contributed by atoms with Crippen LogP contribution >= 0.6 is 0 Å². The first-order chi connectivity index (χ1) is 21.2. The van der Waals surface area contributed by atoms with Crippen LogP contribution in [-0.4, -0.2) is 53.8 Å². The van der Waals surface area contributed by atoms with Crippen LogP contribution in [0.2, 0.25) is 0 Å². The summed E-state index contributed by atoms with van der Waals surface area (Å²) in [7, 11) is 0. The number of nitrogens with one attached hydrogen (secondary N) is 1. The normalized spacial score (nSPS) is 13.6. The summed E-state index contributed by atoms with van der Waals surface area (Å²) in [4.78, 5) is 11.0. The number of aryl methyl sites for hydroxylation is 1. The molecule has 0 amide bonds. The highest BCUT2D eigenvalue weighted by atomic mass is 16.5. The van der Waals surface area contributed by atoms with E-state index in [4.69, 9.17) is 21.0 Å². The third kappa shape index (κ3) is 6.89. The number of aromatic nitrogens is 2. The molecule has 1 fully saturated rings. The van der Waals surface area contributed by atoms with Crippen LogP contribution in [0.15, 0.2) is 91.0 Å². The minimum absolute atomic E-state index is 0.641. The summed E-state index contributed by atoms with van der Waals surface area (Å²) in [6, 6.07) is 30.1. The zero-order valence-electron chi connectivity index (χ0n) is 24.6. The molecule has 5 aromatic rings. The second-order valence-electron chi connectivity index (χ2n) is 10.8. The molecule has 1 aliphatic heterocycles. The Hall–Kier alpha value is -4.64. The molecule has 0 unspecified atom stereocenters. The molecule has 218 valence electrons. The molecule has 1 aromatic heterocycles. The van der Waals surface area contributed by atoms with E-state index in [1.165, 1.54) is 0 Å². The standard InChI is InChI=1S/C36H37N5O2/c1-3-4-20-41-35-26-32(42-24-23-40-21-18-38-19-22-40)16-17-34(35)39-36(41)29-6-5-7-33(25-29)43-31-14-10-28(11-15-31)27-8-12-30(37-2)13-9-27/h5-17,25-26,38H,3-4,18-24H2,1H3. The number of nitrogens with zero attached hydrogens (tertiary/aromatic N) is 4. The number of unbranched alkanes of at least 4 members (excludes halogenated alkanes) is 1. The van der Waals surface area contributed by atoms with Gasteiger partial charge in [0.15, 0.2) is 5.69 Å². The van der Waals surface area contributed by atoms with Gasteiger partial charge in [-0.3, -0.25) is 4.90 Å². The lowest BCUT2D eigenvalue weighted by atomic mass is 10.1. The minimum atomic E-state index is 0.641. The molecule has 0 bridgehead atoms. The first-order valence-corrected chi connectivity index (χ1v) is 15.1. The Morgan fingerprint density at radius 3 is 2.30 bits per heavy atom. The van der Waals surface area contributed by atoms with Crippen molar-refractivity contribution in [2.45, 2.75) is 26.3 Å². The Kier molecular flexibility index (Phi) is 8.98. The average Bonchev–Trinajstić information content (AvgIpc) is 3.42. The van der Waals surface area contributed by atoms with Crippen LogP contribution in [0.25, 0.3) is 38.4 Å². The summed E-state index contributed by atoms with van der Waals surface area (Å²) in [5.41, 5.74) is 5.86. The van der Waals surface area contributed by atoms with Gasteiger partial charge in [-0.25, -0.2) is 9.83 Å². The van der Waals surface area contributed by atoms with Crippen molar-refractivity contribution in [3.05, 3.63) is 102 Å². The maximum Gasteiger partial charge on any atom is 0.187 e. The van der Waals surface area contributed by atoms with Crippen LogP contribution in [-0.2, 0) is 6.54 Å².